The summed E-state index contributed by atoms with van der Waals surface area (Å²) in [6, 6.07) is 1.33. The highest BCUT2D eigenvalue weighted by molar-refractivity contribution is 5.77. The van der Waals surface area contributed by atoms with E-state index in [4.69, 9.17) is 0 Å². The van der Waals surface area contributed by atoms with Crippen LogP contribution in [0, 0.1) is 5.92 Å². The number of hydrogen-bond acceptors (Lipinski definition) is 3. The molecule has 1 heterocycles. The number of likely N-dealkylation sites (N-methyl/N-ethyl adjacent to an activating group) is 1. The van der Waals surface area contributed by atoms with Crippen LogP contribution in [0.5, 0.6) is 0 Å². The third-order valence-corrected chi connectivity index (χ3v) is 6.25. The van der Waals surface area contributed by atoms with Crippen molar-refractivity contribution >= 4 is 5.91 Å². The Labute approximate surface area is 147 Å². The SMILES string of the molecule is CNC(=O)CN1CCC(N[C@@H]2CCCC[C@@H]2C2=CCCCC2)CC1. The van der Waals surface area contributed by atoms with Crippen LogP contribution in [0.3, 0.4) is 0 Å². The van der Waals surface area contributed by atoms with Gasteiger partial charge in [-0.25, -0.2) is 0 Å². The highest BCUT2D eigenvalue weighted by Gasteiger charge is 2.31. The Morgan fingerprint density at radius 2 is 1.92 bits per heavy atom. The van der Waals surface area contributed by atoms with E-state index in [1.54, 1.807) is 12.6 Å². The Morgan fingerprint density at radius 1 is 1.12 bits per heavy atom. The number of carbonyl (C=O) groups is 1. The fourth-order valence-electron chi connectivity index (χ4n) is 4.82. The van der Waals surface area contributed by atoms with Gasteiger partial charge in [-0.15, -0.1) is 0 Å². The molecule has 0 radical (unpaired) electrons. The summed E-state index contributed by atoms with van der Waals surface area (Å²) < 4.78 is 0. The number of rotatable bonds is 5. The standard InChI is InChI=1S/C20H35N3O/c1-21-20(24)15-23-13-11-17(12-14-23)22-19-10-6-5-9-18(19)16-7-3-2-4-8-16/h7,17-19,22H,2-6,8-15H2,1H3,(H,21,24)/t18-,19-/m1/s1. The summed E-state index contributed by atoms with van der Waals surface area (Å²) in [4.78, 5) is 13.8. The Hall–Kier alpha value is -0.870. The molecule has 2 atom stereocenters. The average molecular weight is 334 g/mol. The molecule has 2 N–H and O–H groups in total. The molecule has 1 saturated heterocycles. The van der Waals surface area contributed by atoms with Gasteiger partial charge in [0.05, 0.1) is 6.54 Å². The summed E-state index contributed by atoms with van der Waals surface area (Å²) in [6.45, 7) is 2.65. The van der Waals surface area contributed by atoms with Crippen LogP contribution in [0.1, 0.15) is 64.2 Å². The Kier molecular flexibility index (Phi) is 6.73. The van der Waals surface area contributed by atoms with Crippen molar-refractivity contribution in [2.75, 3.05) is 26.7 Å². The Balaban J connectivity index is 1.49. The molecule has 4 nitrogen and oxygen atoms in total. The molecular formula is C20H35N3O. The zero-order chi connectivity index (χ0) is 16.8. The summed E-state index contributed by atoms with van der Waals surface area (Å²) in [5.74, 6) is 0.931. The summed E-state index contributed by atoms with van der Waals surface area (Å²) in [7, 11) is 1.72. The van der Waals surface area contributed by atoms with Crippen molar-refractivity contribution in [1.29, 1.82) is 0 Å². The number of amides is 1. The van der Waals surface area contributed by atoms with Crippen LogP contribution in [0.4, 0.5) is 0 Å². The van der Waals surface area contributed by atoms with Gasteiger partial charge in [0.2, 0.25) is 5.91 Å². The third kappa shape index (κ3) is 4.82. The topological polar surface area (TPSA) is 44.4 Å². The fourth-order valence-corrected chi connectivity index (χ4v) is 4.82. The molecule has 1 amide bonds. The molecule has 0 aromatic heterocycles. The van der Waals surface area contributed by atoms with Crippen molar-refractivity contribution in [3.05, 3.63) is 11.6 Å². The van der Waals surface area contributed by atoms with Gasteiger partial charge in [0.1, 0.15) is 0 Å². The lowest BCUT2D eigenvalue weighted by Gasteiger charge is -2.40. The van der Waals surface area contributed by atoms with Crippen LogP contribution < -0.4 is 10.6 Å². The molecule has 1 aliphatic heterocycles. The van der Waals surface area contributed by atoms with E-state index in [1.165, 1.54) is 64.2 Å². The van der Waals surface area contributed by atoms with E-state index in [2.05, 4.69) is 21.6 Å². The minimum atomic E-state index is 0.137. The molecule has 2 fully saturated rings. The molecule has 0 aromatic rings. The molecule has 3 rings (SSSR count). The predicted octanol–water partition coefficient (Wildman–Crippen LogP) is 2.85. The van der Waals surface area contributed by atoms with Crippen LogP contribution in [-0.2, 0) is 4.79 Å². The van der Waals surface area contributed by atoms with Crippen LogP contribution in [0.25, 0.3) is 0 Å². The third-order valence-electron chi connectivity index (χ3n) is 6.25. The lowest BCUT2D eigenvalue weighted by molar-refractivity contribution is -0.122. The van der Waals surface area contributed by atoms with Gasteiger partial charge in [0, 0.05) is 32.2 Å². The van der Waals surface area contributed by atoms with Gasteiger partial charge in [-0.1, -0.05) is 24.5 Å². The van der Waals surface area contributed by atoms with Crippen molar-refractivity contribution in [2.45, 2.75) is 76.3 Å². The summed E-state index contributed by atoms with van der Waals surface area (Å²) >= 11 is 0. The van der Waals surface area contributed by atoms with E-state index in [-0.39, 0.29) is 5.91 Å². The van der Waals surface area contributed by atoms with E-state index in [1.807, 2.05) is 0 Å². The molecular weight excluding hydrogens is 298 g/mol. The van der Waals surface area contributed by atoms with Gasteiger partial charge in [-0.05, 0) is 57.3 Å². The zero-order valence-electron chi connectivity index (χ0n) is 15.4. The van der Waals surface area contributed by atoms with Gasteiger partial charge in [0.25, 0.3) is 0 Å². The largest absolute Gasteiger partial charge is 0.358 e. The van der Waals surface area contributed by atoms with Gasteiger partial charge in [0.15, 0.2) is 0 Å². The first kappa shape index (κ1) is 17.9. The monoisotopic (exact) mass is 333 g/mol. The normalized spacial score (nSPS) is 30.0. The second kappa shape index (κ2) is 9.00. The minimum Gasteiger partial charge on any atom is -0.358 e. The molecule has 4 heteroatoms. The van der Waals surface area contributed by atoms with Crippen LogP contribution in [0.15, 0.2) is 11.6 Å². The highest BCUT2D eigenvalue weighted by atomic mass is 16.1. The maximum atomic E-state index is 11.5. The number of nitrogens with zero attached hydrogens (tertiary/aromatic N) is 1. The van der Waals surface area contributed by atoms with Gasteiger partial charge >= 0.3 is 0 Å². The number of nitrogens with one attached hydrogen (secondary N) is 2. The van der Waals surface area contributed by atoms with E-state index >= 15 is 0 Å². The first-order valence-electron chi connectivity index (χ1n) is 10.1. The lowest BCUT2D eigenvalue weighted by atomic mass is 9.76. The first-order chi connectivity index (χ1) is 11.8. The van der Waals surface area contributed by atoms with E-state index in [9.17, 15) is 4.79 Å². The fraction of sp³-hybridized carbons (Fsp3) is 0.850. The average Bonchev–Trinajstić information content (AvgIpc) is 2.64. The minimum absolute atomic E-state index is 0.137. The molecule has 0 bridgehead atoms. The Bertz CT molecular complexity index is 440. The number of piperidine rings is 1. The van der Waals surface area contributed by atoms with Crippen molar-refractivity contribution in [3.8, 4) is 0 Å². The number of hydrogen-bond donors (Lipinski definition) is 2. The van der Waals surface area contributed by atoms with Crippen molar-refractivity contribution in [2.24, 2.45) is 5.92 Å². The molecule has 1 saturated carbocycles. The molecule has 136 valence electrons. The van der Waals surface area contributed by atoms with E-state index in [0.29, 0.717) is 18.6 Å². The predicted molar refractivity (Wildman–Crippen MR) is 99.0 cm³/mol. The maximum absolute atomic E-state index is 11.5. The highest BCUT2D eigenvalue weighted by Crippen LogP contribution is 2.35. The van der Waals surface area contributed by atoms with E-state index < -0.39 is 0 Å². The van der Waals surface area contributed by atoms with Crippen LogP contribution in [-0.4, -0.2) is 49.6 Å². The molecule has 0 aromatic carbocycles. The van der Waals surface area contributed by atoms with Crippen molar-refractivity contribution in [3.63, 3.8) is 0 Å². The summed E-state index contributed by atoms with van der Waals surface area (Å²) in [6.07, 6.45) is 15.9. The number of carbonyl (C=O) groups excluding carboxylic acids is 1. The van der Waals surface area contributed by atoms with Crippen LogP contribution >= 0.6 is 0 Å². The molecule has 2 aliphatic carbocycles. The lowest BCUT2D eigenvalue weighted by Crippen LogP contribution is -2.50. The molecule has 0 spiro atoms. The zero-order valence-corrected chi connectivity index (χ0v) is 15.4. The molecule has 3 aliphatic rings. The smallest absolute Gasteiger partial charge is 0.233 e. The van der Waals surface area contributed by atoms with Crippen molar-refractivity contribution < 1.29 is 4.79 Å². The quantitative estimate of drug-likeness (QED) is 0.761. The van der Waals surface area contributed by atoms with Gasteiger partial charge < -0.3 is 10.6 Å². The maximum Gasteiger partial charge on any atom is 0.233 e. The van der Waals surface area contributed by atoms with Gasteiger partial charge in [-0.2, -0.15) is 0 Å². The summed E-state index contributed by atoms with van der Waals surface area (Å²) in [5.41, 5.74) is 1.76. The summed E-state index contributed by atoms with van der Waals surface area (Å²) in [5, 5.41) is 6.75. The number of allylic oxidation sites excluding steroid dienone is 1. The second-order valence-corrected chi connectivity index (χ2v) is 7.91. The molecule has 0 unspecified atom stereocenters. The molecule has 24 heavy (non-hydrogen) atoms. The van der Waals surface area contributed by atoms with Crippen LogP contribution in [0.2, 0.25) is 0 Å². The Morgan fingerprint density at radius 3 is 2.62 bits per heavy atom. The van der Waals surface area contributed by atoms with Crippen molar-refractivity contribution in [1.82, 2.24) is 15.5 Å². The first-order valence-corrected chi connectivity index (χ1v) is 10.1. The number of likely N-dealkylation sites (tertiary alicyclic amines) is 1. The van der Waals surface area contributed by atoms with E-state index in [0.717, 1.165) is 19.0 Å². The second-order valence-electron chi connectivity index (χ2n) is 7.91. The van der Waals surface area contributed by atoms with Gasteiger partial charge in [-0.3, -0.25) is 9.69 Å².